The third-order valence-corrected chi connectivity index (χ3v) is 4.93. The van der Waals surface area contributed by atoms with E-state index in [4.69, 9.17) is 16.6 Å². The van der Waals surface area contributed by atoms with Crippen molar-refractivity contribution in [3.63, 3.8) is 0 Å². The summed E-state index contributed by atoms with van der Waals surface area (Å²) < 4.78 is 0. The van der Waals surface area contributed by atoms with Crippen molar-refractivity contribution in [2.75, 3.05) is 12.4 Å². The van der Waals surface area contributed by atoms with Crippen LogP contribution in [0.3, 0.4) is 0 Å². The largest absolute Gasteiger partial charge is 0.480 e. The number of carboxylic acid groups (broad SMARTS) is 1. The number of carbonyl (C=O) groups is 5. The van der Waals surface area contributed by atoms with E-state index in [1.807, 2.05) is 6.07 Å². The second-order valence-corrected chi connectivity index (χ2v) is 7.55. The summed E-state index contributed by atoms with van der Waals surface area (Å²) in [7, 11) is 0. The van der Waals surface area contributed by atoms with Crippen LogP contribution in [0, 0.1) is 0 Å². The predicted molar refractivity (Wildman–Crippen MR) is 121 cm³/mol. The average molecular weight is 484 g/mol. The molecule has 33 heavy (non-hydrogen) atoms. The Labute approximate surface area is 195 Å². The second kappa shape index (κ2) is 14.1. The maximum absolute atomic E-state index is 12.5. The highest BCUT2D eigenvalue weighted by Crippen LogP contribution is 2.03. The van der Waals surface area contributed by atoms with E-state index in [0.717, 1.165) is 5.56 Å². The minimum absolute atomic E-state index is 0.133. The van der Waals surface area contributed by atoms with Crippen LogP contribution in [0.1, 0.15) is 18.4 Å². The minimum atomic E-state index is -1.51. The summed E-state index contributed by atoms with van der Waals surface area (Å²) in [5.74, 6) is -4.74. The molecule has 1 aromatic carbocycles. The molecule has 1 aromatic rings. The van der Waals surface area contributed by atoms with E-state index in [-0.39, 0.29) is 25.0 Å². The Bertz CT molecular complexity index is 839. The van der Waals surface area contributed by atoms with Crippen molar-refractivity contribution in [3.05, 3.63) is 35.9 Å². The number of carboxylic acids is 1. The van der Waals surface area contributed by atoms with Crippen LogP contribution >= 0.6 is 12.6 Å². The number of aliphatic carboxylic acids is 1. The SMILES string of the molecule is NC(=O)CCC(NC(=O)C(CO)NC(=O)C(CS)NC(=O)C(N)Cc1ccccc1)C(=O)O. The zero-order valence-corrected chi connectivity index (χ0v) is 18.7. The third kappa shape index (κ3) is 9.89. The molecule has 4 amide bonds. The number of thiol groups is 1. The van der Waals surface area contributed by atoms with Gasteiger partial charge in [0.15, 0.2) is 0 Å². The van der Waals surface area contributed by atoms with Gasteiger partial charge in [0.2, 0.25) is 23.6 Å². The maximum atomic E-state index is 12.5. The van der Waals surface area contributed by atoms with Gasteiger partial charge >= 0.3 is 5.97 Å². The second-order valence-electron chi connectivity index (χ2n) is 7.19. The van der Waals surface area contributed by atoms with Crippen LogP contribution in [0.2, 0.25) is 0 Å². The van der Waals surface area contributed by atoms with Gasteiger partial charge < -0.3 is 37.6 Å². The van der Waals surface area contributed by atoms with Gasteiger partial charge in [-0.15, -0.1) is 0 Å². The number of carbonyl (C=O) groups excluding carboxylic acids is 4. The Morgan fingerprint density at radius 1 is 0.909 bits per heavy atom. The van der Waals surface area contributed by atoms with Gasteiger partial charge in [-0.3, -0.25) is 19.2 Å². The monoisotopic (exact) mass is 483 g/mol. The lowest BCUT2D eigenvalue weighted by atomic mass is 10.1. The number of aliphatic hydroxyl groups is 1. The Hall–Kier alpha value is -3.16. The van der Waals surface area contributed by atoms with Crippen LogP contribution in [-0.2, 0) is 30.4 Å². The fourth-order valence-corrected chi connectivity index (χ4v) is 2.97. The summed E-state index contributed by atoms with van der Waals surface area (Å²) in [6.07, 6.45) is -0.321. The molecule has 0 aliphatic heterocycles. The molecule has 0 heterocycles. The van der Waals surface area contributed by atoms with Crippen molar-refractivity contribution < 1.29 is 34.2 Å². The van der Waals surface area contributed by atoms with Crippen LogP contribution in [0.5, 0.6) is 0 Å². The van der Waals surface area contributed by atoms with Gasteiger partial charge in [-0.2, -0.15) is 12.6 Å². The van der Waals surface area contributed by atoms with Crippen molar-refractivity contribution in [1.29, 1.82) is 0 Å². The molecular formula is C20H29N5O7S. The molecule has 0 radical (unpaired) electrons. The molecule has 0 aliphatic carbocycles. The molecule has 0 fully saturated rings. The van der Waals surface area contributed by atoms with E-state index in [1.54, 1.807) is 24.3 Å². The zero-order chi connectivity index (χ0) is 25.0. The van der Waals surface area contributed by atoms with Gasteiger partial charge in [0.1, 0.15) is 18.1 Å². The standard InChI is InChI=1S/C20H29N5O7S/c21-12(8-11-4-2-1-3-5-11)17(28)25-15(10-33)19(30)24-14(9-26)18(29)23-13(20(31)32)6-7-16(22)27/h1-5,12-15,26,33H,6-10,21H2,(H2,22,27)(H,23,29)(H,24,30)(H,25,28)(H,31,32). The number of benzene rings is 1. The first-order valence-corrected chi connectivity index (χ1v) is 10.7. The first kappa shape index (κ1) is 27.9. The summed E-state index contributed by atoms with van der Waals surface area (Å²) in [5, 5.41) is 25.4. The van der Waals surface area contributed by atoms with Crippen molar-refractivity contribution in [2.45, 2.75) is 43.4 Å². The van der Waals surface area contributed by atoms with Gasteiger partial charge in [0, 0.05) is 12.2 Å². The average Bonchev–Trinajstić information content (AvgIpc) is 2.78. The summed E-state index contributed by atoms with van der Waals surface area (Å²) in [5.41, 5.74) is 11.7. The van der Waals surface area contributed by atoms with Gasteiger partial charge in [-0.25, -0.2) is 4.79 Å². The summed E-state index contributed by atoms with van der Waals surface area (Å²) in [6.45, 7) is -0.847. The van der Waals surface area contributed by atoms with Crippen LogP contribution in [0.25, 0.3) is 0 Å². The van der Waals surface area contributed by atoms with E-state index in [2.05, 4.69) is 28.6 Å². The summed E-state index contributed by atoms with van der Waals surface area (Å²) in [4.78, 5) is 59.3. The fourth-order valence-electron chi connectivity index (χ4n) is 2.72. The number of nitrogens with two attached hydrogens (primary N) is 2. The third-order valence-electron chi connectivity index (χ3n) is 4.56. The molecule has 1 rings (SSSR count). The lowest BCUT2D eigenvalue weighted by molar-refractivity contribution is -0.143. The Morgan fingerprint density at radius 2 is 1.45 bits per heavy atom. The molecule has 13 heteroatoms. The van der Waals surface area contributed by atoms with Crippen LogP contribution in [-0.4, -0.2) is 76.3 Å². The van der Waals surface area contributed by atoms with E-state index in [0.29, 0.717) is 0 Å². The van der Waals surface area contributed by atoms with Gasteiger partial charge in [0.05, 0.1) is 12.6 Å². The first-order chi connectivity index (χ1) is 15.6. The van der Waals surface area contributed by atoms with Crippen LogP contribution in [0.4, 0.5) is 0 Å². The van der Waals surface area contributed by atoms with Crippen molar-refractivity contribution >= 4 is 42.2 Å². The van der Waals surface area contributed by atoms with Crippen LogP contribution in [0.15, 0.2) is 30.3 Å². The molecule has 0 aromatic heterocycles. The highest BCUT2D eigenvalue weighted by atomic mass is 32.1. The molecule has 0 spiro atoms. The van der Waals surface area contributed by atoms with Gasteiger partial charge in [-0.1, -0.05) is 30.3 Å². The van der Waals surface area contributed by atoms with E-state index in [1.165, 1.54) is 0 Å². The topological polar surface area (TPSA) is 214 Å². The van der Waals surface area contributed by atoms with Gasteiger partial charge in [0.25, 0.3) is 0 Å². The number of amides is 4. The summed E-state index contributed by atoms with van der Waals surface area (Å²) in [6, 6.07) is 3.94. The van der Waals surface area contributed by atoms with Crippen molar-refractivity contribution in [2.24, 2.45) is 11.5 Å². The van der Waals surface area contributed by atoms with Gasteiger partial charge in [-0.05, 0) is 18.4 Å². The van der Waals surface area contributed by atoms with E-state index < -0.39 is 60.4 Å². The fraction of sp³-hybridized carbons (Fsp3) is 0.450. The maximum Gasteiger partial charge on any atom is 0.326 e. The minimum Gasteiger partial charge on any atom is -0.480 e. The normalized spacial score (nSPS) is 14.3. The molecule has 0 saturated heterocycles. The molecule has 4 unspecified atom stereocenters. The number of nitrogens with one attached hydrogen (secondary N) is 3. The highest BCUT2D eigenvalue weighted by Gasteiger charge is 2.29. The molecule has 0 saturated carbocycles. The molecule has 12 nitrogen and oxygen atoms in total. The zero-order valence-electron chi connectivity index (χ0n) is 17.8. The van der Waals surface area contributed by atoms with E-state index in [9.17, 15) is 29.1 Å². The van der Waals surface area contributed by atoms with E-state index >= 15 is 0 Å². The number of aliphatic hydroxyl groups excluding tert-OH is 1. The first-order valence-electron chi connectivity index (χ1n) is 10.0. The number of rotatable bonds is 14. The molecule has 182 valence electrons. The smallest absolute Gasteiger partial charge is 0.326 e. The number of primary amides is 1. The Balaban J connectivity index is 2.70. The molecular weight excluding hydrogens is 454 g/mol. The van der Waals surface area contributed by atoms with Crippen molar-refractivity contribution in [3.8, 4) is 0 Å². The lowest BCUT2D eigenvalue weighted by Crippen LogP contribution is -2.58. The number of hydrogen-bond acceptors (Lipinski definition) is 8. The number of hydrogen-bond donors (Lipinski definition) is 8. The Morgan fingerprint density at radius 3 is 1.97 bits per heavy atom. The predicted octanol–water partition coefficient (Wildman–Crippen LogP) is -2.72. The van der Waals surface area contributed by atoms with Crippen molar-refractivity contribution in [1.82, 2.24) is 16.0 Å². The Kier molecular flexibility index (Phi) is 11.9. The summed E-state index contributed by atoms with van der Waals surface area (Å²) >= 11 is 4.03. The quantitative estimate of drug-likeness (QED) is 0.130. The highest BCUT2D eigenvalue weighted by molar-refractivity contribution is 7.80. The molecule has 4 atom stereocenters. The lowest BCUT2D eigenvalue weighted by Gasteiger charge is -2.23. The molecule has 0 bridgehead atoms. The molecule has 9 N–H and O–H groups in total. The van der Waals surface area contributed by atoms with Crippen LogP contribution < -0.4 is 27.4 Å². The molecule has 0 aliphatic rings.